The van der Waals surface area contributed by atoms with E-state index >= 15 is 0 Å². The Labute approximate surface area is 148 Å². The number of aliphatic imine (C=N–C) groups is 1. The van der Waals surface area contributed by atoms with Crippen LogP contribution in [0.25, 0.3) is 16.9 Å². The van der Waals surface area contributed by atoms with Crippen LogP contribution in [0.5, 0.6) is 0 Å². The van der Waals surface area contributed by atoms with E-state index in [0.717, 1.165) is 5.56 Å². The van der Waals surface area contributed by atoms with Crippen molar-refractivity contribution in [2.45, 2.75) is 0 Å². The third kappa shape index (κ3) is 3.45. The van der Waals surface area contributed by atoms with Gasteiger partial charge >= 0.3 is 0 Å². The smallest absolute Gasteiger partial charge is 0.280 e. The number of aromatic nitrogens is 2. The Morgan fingerprint density at radius 3 is 2.46 bits per heavy atom. The van der Waals surface area contributed by atoms with Crippen LogP contribution in [0, 0.1) is 10.1 Å². The van der Waals surface area contributed by atoms with Crippen LogP contribution in [0.3, 0.4) is 0 Å². The van der Waals surface area contributed by atoms with E-state index in [4.69, 9.17) is 5.11 Å². The fourth-order valence-corrected chi connectivity index (χ4v) is 2.51. The van der Waals surface area contributed by atoms with Crippen molar-refractivity contribution in [3.05, 3.63) is 80.6 Å². The molecule has 0 aliphatic carbocycles. The van der Waals surface area contributed by atoms with Gasteiger partial charge in [-0.05, 0) is 12.1 Å². The molecule has 2 N–H and O–H groups in total. The summed E-state index contributed by atoms with van der Waals surface area (Å²) in [5, 5.41) is 22.7. The lowest BCUT2D eigenvalue weighted by molar-refractivity contribution is -0.384. The van der Waals surface area contributed by atoms with Crippen LogP contribution in [0.4, 0.5) is 5.69 Å². The molecule has 0 saturated carbocycles. The molecule has 8 nitrogen and oxygen atoms in total. The van der Waals surface area contributed by atoms with Crippen LogP contribution in [-0.4, -0.2) is 39.2 Å². The predicted molar refractivity (Wildman–Crippen MR) is 98.0 cm³/mol. The van der Waals surface area contributed by atoms with Crippen LogP contribution < -0.4 is 5.56 Å². The molecular weight excluding hydrogens is 336 g/mol. The summed E-state index contributed by atoms with van der Waals surface area (Å²) in [4.78, 5) is 27.2. The Hall–Kier alpha value is -3.52. The van der Waals surface area contributed by atoms with E-state index in [-0.39, 0.29) is 24.4 Å². The summed E-state index contributed by atoms with van der Waals surface area (Å²) >= 11 is 0. The highest BCUT2D eigenvalue weighted by Crippen LogP contribution is 2.20. The summed E-state index contributed by atoms with van der Waals surface area (Å²) in [6, 6.07) is 15.0. The summed E-state index contributed by atoms with van der Waals surface area (Å²) in [7, 11) is 0. The molecule has 1 aromatic heterocycles. The normalized spacial score (nSPS) is 11.1. The number of hydrogen-bond acceptors (Lipinski definition) is 5. The lowest BCUT2D eigenvalue weighted by Gasteiger charge is -2.02. The molecule has 26 heavy (non-hydrogen) atoms. The molecule has 1 heterocycles. The minimum Gasteiger partial charge on any atom is -0.394 e. The topological polar surface area (TPSA) is 114 Å². The zero-order valence-corrected chi connectivity index (χ0v) is 13.7. The van der Waals surface area contributed by atoms with E-state index in [1.165, 1.54) is 35.2 Å². The van der Waals surface area contributed by atoms with E-state index in [9.17, 15) is 14.9 Å². The fourth-order valence-electron chi connectivity index (χ4n) is 2.51. The lowest BCUT2D eigenvalue weighted by Crippen LogP contribution is -2.17. The molecule has 132 valence electrons. The molecule has 0 unspecified atom stereocenters. The zero-order valence-electron chi connectivity index (χ0n) is 13.7. The van der Waals surface area contributed by atoms with E-state index in [1.54, 1.807) is 0 Å². The lowest BCUT2D eigenvalue weighted by atomic mass is 10.1. The van der Waals surface area contributed by atoms with Gasteiger partial charge in [-0.2, -0.15) is 0 Å². The molecule has 0 radical (unpaired) electrons. The van der Waals surface area contributed by atoms with Gasteiger partial charge in [-0.15, -0.1) is 0 Å². The third-order valence-electron chi connectivity index (χ3n) is 3.76. The van der Waals surface area contributed by atoms with Crippen LogP contribution >= 0.6 is 0 Å². The van der Waals surface area contributed by atoms with Crippen LogP contribution in [-0.2, 0) is 0 Å². The van der Waals surface area contributed by atoms with Crippen molar-refractivity contribution < 1.29 is 10.0 Å². The molecule has 0 bridgehead atoms. The van der Waals surface area contributed by atoms with Gasteiger partial charge < -0.3 is 5.11 Å². The third-order valence-corrected chi connectivity index (χ3v) is 3.76. The number of nitrogens with one attached hydrogen (secondary N) is 1. The van der Waals surface area contributed by atoms with Gasteiger partial charge in [0, 0.05) is 23.9 Å². The first-order chi connectivity index (χ1) is 12.6. The zero-order chi connectivity index (χ0) is 18.5. The van der Waals surface area contributed by atoms with Crippen molar-refractivity contribution in [3.8, 4) is 16.9 Å². The largest absolute Gasteiger partial charge is 0.394 e. The van der Waals surface area contributed by atoms with Crippen molar-refractivity contribution in [3.63, 3.8) is 0 Å². The molecule has 2 aromatic carbocycles. The highest BCUT2D eigenvalue weighted by atomic mass is 16.6. The second kappa shape index (κ2) is 7.58. The number of rotatable bonds is 6. The maximum Gasteiger partial charge on any atom is 0.280 e. The highest BCUT2D eigenvalue weighted by molar-refractivity contribution is 5.88. The summed E-state index contributed by atoms with van der Waals surface area (Å²) < 4.78 is 1.31. The SMILES string of the molecule is O=c1c(C=NCCO)c(-c2ccccc2)[nH]n1-c1ccc([N+](=O)[O-])cc1. The van der Waals surface area contributed by atoms with E-state index in [1.807, 2.05) is 30.3 Å². The number of nitro groups is 1. The Kier molecular flexibility index (Phi) is 5.04. The van der Waals surface area contributed by atoms with E-state index in [0.29, 0.717) is 16.9 Å². The Bertz CT molecular complexity index is 988. The van der Waals surface area contributed by atoms with Gasteiger partial charge in [0.15, 0.2) is 0 Å². The summed E-state index contributed by atoms with van der Waals surface area (Å²) in [5.41, 5.74) is 1.81. The maximum absolute atomic E-state index is 12.8. The molecular formula is C18H16N4O4. The average molecular weight is 352 g/mol. The predicted octanol–water partition coefficient (Wildman–Crippen LogP) is 2.15. The van der Waals surface area contributed by atoms with E-state index < -0.39 is 4.92 Å². The molecule has 0 fully saturated rings. The molecule has 0 aliphatic heterocycles. The molecule has 0 atom stereocenters. The number of benzene rings is 2. The van der Waals surface area contributed by atoms with Crippen molar-refractivity contribution in [2.75, 3.05) is 13.2 Å². The number of aromatic amines is 1. The van der Waals surface area contributed by atoms with Crippen molar-refractivity contribution >= 4 is 11.9 Å². The second-order valence-electron chi connectivity index (χ2n) is 5.44. The van der Waals surface area contributed by atoms with E-state index in [2.05, 4.69) is 10.1 Å². The summed E-state index contributed by atoms with van der Waals surface area (Å²) in [6.07, 6.45) is 1.43. The Balaban J connectivity index is 2.12. The maximum atomic E-state index is 12.8. The minimum atomic E-state index is -0.496. The van der Waals surface area contributed by atoms with Gasteiger partial charge in [-0.3, -0.25) is 25.0 Å². The number of nitro benzene ring substituents is 1. The van der Waals surface area contributed by atoms with Gasteiger partial charge in [0.05, 0.1) is 35.0 Å². The van der Waals surface area contributed by atoms with Crippen molar-refractivity contribution in [1.82, 2.24) is 9.78 Å². The molecule has 0 amide bonds. The number of H-pyrrole nitrogens is 1. The monoisotopic (exact) mass is 352 g/mol. The fraction of sp³-hybridized carbons (Fsp3) is 0.111. The first kappa shape index (κ1) is 17.3. The standard InChI is InChI=1S/C18H16N4O4/c23-11-10-19-12-16-17(13-4-2-1-3-5-13)20-21(18(16)24)14-6-8-15(9-7-14)22(25)26/h1-9,12,20,23H,10-11H2. The van der Waals surface area contributed by atoms with Gasteiger partial charge in [-0.25, -0.2) is 4.68 Å². The molecule has 3 aromatic rings. The van der Waals surface area contributed by atoms with Gasteiger partial charge in [0.25, 0.3) is 11.2 Å². The number of non-ortho nitro benzene ring substituents is 1. The summed E-state index contributed by atoms with van der Waals surface area (Å²) in [6.45, 7) is 0.0779. The first-order valence-electron chi connectivity index (χ1n) is 7.88. The average Bonchev–Trinajstić information content (AvgIpc) is 2.99. The quantitative estimate of drug-likeness (QED) is 0.402. The Morgan fingerprint density at radius 2 is 1.85 bits per heavy atom. The molecule has 8 heteroatoms. The van der Waals surface area contributed by atoms with Crippen molar-refractivity contribution in [2.24, 2.45) is 4.99 Å². The van der Waals surface area contributed by atoms with Gasteiger partial charge in [0.1, 0.15) is 0 Å². The minimum absolute atomic E-state index is 0.0543. The van der Waals surface area contributed by atoms with Crippen LogP contribution in [0.1, 0.15) is 5.56 Å². The number of aliphatic hydroxyl groups excluding tert-OH is 1. The highest BCUT2D eigenvalue weighted by Gasteiger charge is 2.16. The Morgan fingerprint density at radius 1 is 1.15 bits per heavy atom. The molecule has 3 rings (SSSR count). The van der Waals surface area contributed by atoms with Gasteiger partial charge in [-0.1, -0.05) is 30.3 Å². The van der Waals surface area contributed by atoms with Crippen molar-refractivity contribution in [1.29, 1.82) is 0 Å². The number of nitrogens with zero attached hydrogens (tertiary/aromatic N) is 3. The molecule has 0 aliphatic rings. The molecule has 0 saturated heterocycles. The van der Waals surface area contributed by atoms with Gasteiger partial charge in [0.2, 0.25) is 0 Å². The molecule has 0 spiro atoms. The summed E-state index contributed by atoms with van der Waals surface area (Å²) in [5.74, 6) is 0. The number of aliphatic hydroxyl groups is 1. The van der Waals surface area contributed by atoms with Crippen LogP contribution in [0.15, 0.2) is 64.4 Å². The first-order valence-corrected chi connectivity index (χ1v) is 7.88. The second-order valence-corrected chi connectivity index (χ2v) is 5.44. The van der Waals surface area contributed by atoms with Crippen LogP contribution in [0.2, 0.25) is 0 Å². The number of hydrogen-bond donors (Lipinski definition) is 2.